The molecule has 1 N–H and O–H groups in total. The summed E-state index contributed by atoms with van der Waals surface area (Å²) in [6.45, 7) is 6.14. The highest BCUT2D eigenvalue weighted by Gasteiger charge is 2.18. The molecule has 2 nitrogen and oxygen atoms in total. The van der Waals surface area contributed by atoms with Gasteiger partial charge in [0, 0.05) is 19.2 Å². The average molecular weight is 219 g/mol. The second-order valence-corrected chi connectivity index (χ2v) is 4.77. The topological polar surface area (TPSA) is 21.3 Å². The lowest BCUT2D eigenvalue weighted by molar-refractivity contribution is 0.0130. The highest BCUT2D eigenvalue weighted by molar-refractivity contribution is 5.21. The number of aryl methyl sites for hydroxylation is 1. The molecule has 0 amide bonds. The van der Waals surface area contributed by atoms with Gasteiger partial charge < -0.3 is 10.1 Å². The molecular formula is C14H21NO. The fourth-order valence-electron chi connectivity index (χ4n) is 2.15. The molecule has 16 heavy (non-hydrogen) atoms. The Morgan fingerprint density at radius 1 is 1.31 bits per heavy atom. The number of hydrogen-bond donors (Lipinski definition) is 1. The third-order valence-electron chi connectivity index (χ3n) is 3.20. The van der Waals surface area contributed by atoms with Gasteiger partial charge in [0.2, 0.25) is 0 Å². The van der Waals surface area contributed by atoms with Crippen LogP contribution in [0.15, 0.2) is 24.3 Å². The van der Waals surface area contributed by atoms with Crippen molar-refractivity contribution in [1.82, 2.24) is 5.32 Å². The Labute approximate surface area is 98.0 Å². The van der Waals surface area contributed by atoms with Gasteiger partial charge in [-0.2, -0.15) is 0 Å². The van der Waals surface area contributed by atoms with E-state index in [0.717, 1.165) is 26.0 Å². The van der Waals surface area contributed by atoms with Crippen molar-refractivity contribution in [3.63, 3.8) is 0 Å². The van der Waals surface area contributed by atoms with E-state index in [9.17, 15) is 0 Å². The summed E-state index contributed by atoms with van der Waals surface area (Å²) >= 11 is 0. The lowest BCUT2D eigenvalue weighted by Gasteiger charge is -2.28. The molecule has 0 aromatic heterocycles. The predicted octanol–water partition coefficient (Wildman–Crippen LogP) is 2.65. The standard InChI is InChI=1S/C14H21NO/c1-11-3-5-13(6-4-11)10-15-14-7-8-16-12(2)9-14/h3-6,12,14-15H,7-10H2,1-2H3. The van der Waals surface area contributed by atoms with Gasteiger partial charge in [-0.3, -0.25) is 0 Å². The summed E-state index contributed by atoms with van der Waals surface area (Å²) < 4.78 is 5.54. The van der Waals surface area contributed by atoms with Crippen molar-refractivity contribution in [2.75, 3.05) is 6.61 Å². The summed E-state index contributed by atoms with van der Waals surface area (Å²) in [4.78, 5) is 0. The first kappa shape index (κ1) is 11.6. The average Bonchev–Trinajstić information content (AvgIpc) is 2.28. The Morgan fingerprint density at radius 2 is 2.06 bits per heavy atom. The van der Waals surface area contributed by atoms with Gasteiger partial charge >= 0.3 is 0 Å². The van der Waals surface area contributed by atoms with Crippen molar-refractivity contribution in [2.24, 2.45) is 0 Å². The molecule has 2 rings (SSSR count). The van der Waals surface area contributed by atoms with E-state index >= 15 is 0 Å². The van der Waals surface area contributed by atoms with Crippen molar-refractivity contribution in [3.05, 3.63) is 35.4 Å². The van der Waals surface area contributed by atoms with Gasteiger partial charge in [0.05, 0.1) is 6.10 Å². The number of ether oxygens (including phenoxy) is 1. The van der Waals surface area contributed by atoms with Crippen LogP contribution in [0.2, 0.25) is 0 Å². The first-order valence-corrected chi connectivity index (χ1v) is 6.14. The van der Waals surface area contributed by atoms with Crippen LogP contribution in [0.1, 0.15) is 30.9 Å². The van der Waals surface area contributed by atoms with Gasteiger partial charge in [-0.15, -0.1) is 0 Å². The van der Waals surface area contributed by atoms with Crippen LogP contribution in [0, 0.1) is 6.92 Å². The summed E-state index contributed by atoms with van der Waals surface area (Å²) in [6, 6.07) is 9.36. The quantitative estimate of drug-likeness (QED) is 0.844. The monoisotopic (exact) mass is 219 g/mol. The summed E-state index contributed by atoms with van der Waals surface area (Å²) in [5.41, 5.74) is 2.69. The molecule has 2 atom stereocenters. The number of nitrogens with one attached hydrogen (secondary N) is 1. The molecule has 1 saturated heterocycles. The Kier molecular flexibility index (Phi) is 3.97. The van der Waals surface area contributed by atoms with Crippen LogP contribution < -0.4 is 5.32 Å². The van der Waals surface area contributed by atoms with E-state index in [4.69, 9.17) is 4.74 Å². The molecule has 0 bridgehead atoms. The van der Waals surface area contributed by atoms with Gasteiger partial charge in [-0.05, 0) is 32.3 Å². The minimum absolute atomic E-state index is 0.407. The van der Waals surface area contributed by atoms with Crippen LogP contribution in [0.4, 0.5) is 0 Å². The third kappa shape index (κ3) is 3.32. The highest BCUT2D eigenvalue weighted by Crippen LogP contribution is 2.13. The smallest absolute Gasteiger partial charge is 0.0561 e. The molecule has 1 aliphatic rings. The Bertz CT molecular complexity index is 320. The second-order valence-electron chi connectivity index (χ2n) is 4.77. The van der Waals surface area contributed by atoms with E-state index in [-0.39, 0.29) is 0 Å². The minimum Gasteiger partial charge on any atom is -0.378 e. The summed E-state index contributed by atoms with van der Waals surface area (Å²) in [7, 11) is 0. The van der Waals surface area contributed by atoms with Crippen LogP contribution in [0.3, 0.4) is 0 Å². The molecule has 0 spiro atoms. The normalized spacial score (nSPS) is 25.6. The van der Waals surface area contributed by atoms with Crippen molar-refractivity contribution in [3.8, 4) is 0 Å². The van der Waals surface area contributed by atoms with Crippen molar-refractivity contribution in [2.45, 2.75) is 45.4 Å². The Hall–Kier alpha value is -0.860. The number of hydrogen-bond acceptors (Lipinski definition) is 2. The van der Waals surface area contributed by atoms with Crippen LogP contribution in [-0.2, 0) is 11.3 Å². The minimum atomic E-state index is 0.407. The molecule has 0 radical (unpaired) electrons. The molecule has 1 heterocycles. The number of benzene rings is 1. The van der Waals surface area contributed by atoms with Crippen molar-refractivity contribution >= 4 is 0 Å². The fraction of sp³-hybridized carbons (Fsp3) is 0.571. The molecule has 2 unspecified atom stereocenters. The first-order valence-electron chi connectivity index (χ1n) is 6.14. The number of rotatable bonds is 3. The third-order valence-corrected chi connectivity index (χ3v) is 3.20. The van der Waals surface area contributed by atoms with Crippen LogP contribution in [-0.4, -0.2) is 18.8 Å². The largest absolute Gasteiger partial charge is 0.378 e. The van der Waals surface area contributed by atoms with Crippen LogP contribution in [0.5, 0.6) is 0 Å². The van der Waals surface area contributed by atoms with Gasteiger partial charge in [0.15, 0.2) is 0 Å². The lowest BCUT2D eigenvalue weighted by Crippen LogP contribution is -2.37. The maximum Gasteiger partial charge on any atom is 0.0561 e. The van der Waals surface area contributed by atoms with E-state index in [1.807, 2.05) is 0 Å². The van der Waals surface area contributed by atoms with Gasteiger partial charge in [0.1, 0.15) is 0 Å². The molecule has 1 aromatic rings. The molecule has 88 valence electrons. The summed E-state index contributed by atoms with van der Waals surface area (Å²) in [6.07, 6.45) is 2.67. The maximum atomic E-state index is 5.54. The Morgan fingerprint density at radius 3 is 2.75 bits per heavy atom. The molecule has 1 aromatic carbocycles. The fourth-order valence-corrected chi connectivity index (χ4v) is 2.15. The van der Waals surface area contributed by atoms with E-state index in [2.05, 4.69) is 43.4 Å². The lowest BCUT2D eigenvalue weighted by atomic mass is 10.0. The maximum absolute atomic E-state index is 5.54. The summed E-state index contributed by atoms with van der Waals surface area (Å²) in [5, 5.41) is 3.61. The van der Waals surface area contributed by atoms with Crippen molar-refractivity contribution in [1.29, 1.82) is 0 Å². The highest BCUT2D eigenvalue weighted by atomic mass is 16.5. The van der Waals surface area contributed by atoms with E-state index in [1.54, 1.807) is 0 Å². The predicted molar refractivity (Wildman–Crippen MR) is 66.5 cm³/mol. The van der Waals surface area contributed by atoms with Gasteiger partial charge in [0.25, 0.3) is 0 Å². The molecule has 0 aliphatic carbocycles. The molecular weight excluding hydrogens is 198 g/mol. The molecule has 0 saturated carbocycles. The van der Waals surface area contributed by atoms with E-state index in [1.165, 1.54) is 11.1 Å². The molecule has 2 heteroatoms. The molecule has 1 aliphatic heterocycles. The second kappa shape index (κ2) is 5.46. The zero-order valence-electron chi connectivity index (χ0n) is 10.2. The van der Waals surface area contributed by atoms with Gasteiger partial charge in [-0.25, -0.2) is 0 Å². The summed E-state index contributed by atoms with van der Waals surface area (Å²) in [5.74, 6) is 0. The molecule has 1 fully saturated rings. The van der Waals surface area contributed by atoms with Gasteiger partial charge in [-0.1, -0.05) is 29.8 Å². The Balaban J connectivity index is 1.80. The van der Waals surface area contributed by atoms with E-state index < -0.39 is 0 Å². The SMILES string of the molecule is Cc1ccc(CNC2CCOC(C)C2)cc1. The van der Waals surface area contributed by atoms with Crippen LogP contribution in [0.25, 0.3) is 0 Å². The first-order chi connectivity index (χ1) is 7.74. The van der Waals surface area contributed by atoms with Crippen molar-refractivity contribution < 1.29 is 4.74 Å². The zero-order chi connectivity index (χ0) is 11.4. The zero-order valence-corrected chi connectivity index (χ0v) is 10.2. The van der Waals surface area contributed by atoms with Crippen LogP contribution >= 0.6 is 0 Å². The van der Waals surface area contributed by atoms with E-state index in [0.29, 0.717) is 12.1 Å².